The monoisotopic (exact) mass is 342 g/mol. The van der Waals surface area contributed by atoms with E-state index in [9.17, 15) is 15.0 Å². The number of benzene rings is 1. The van der Waals surface area contributed by atoms with Crippen molar-refractivity contribution in [3.05, 3.63) is 59.9 Å². The molecule has 2 aromatic heterocycles. The number of nitrogens with zero attached hydrogens (tertiary/aromatic N) is 2. The molecule has 3 aromatic rings. The highest BCUT2D eigenvalue weighted by molar-refractivity contribution is 5.77. The number of alkyl carbamates (subject to hydrolysis) is 1. The van der Waals surface area contributed by atoms with Gasteiger partial charge in [0.15, 0.2) is 5.65 Å². The Morgan fingerprint density at radius 1 is 1.20 bits per heavy atom. The summed E-state index contributed by atoms with van der Waals surface area (Å²) in [7, 11) is 0. The van der Waals surface area contributed by atoms with Crippen molar-refractivity contribution in [2.75, 3.05) is 6.54 Å². The quantitative estimate of drug-likeness (QED) is 0.535. The minimum absolute atomic E-state index is 0.127. The van der Waals surface area contributed by atoms with Crippen LogP contribution in [0.4, 0.5) is 4.79 Å². The number of nitrogens with one attached hydrogen (secondary N) is 2. The van der Waals surface area contributed by atoms with E-state index in [1.165, 1.54) is 0 Å². The second-order valence-electron chi connectivity index (χ2n) is 5.47. The number of ether oxygens (including phenoxy) is 1. The summed E-state index contributed by atoms with van der Waals surface area (Å²) in [5, 5.41) is 30.0. The van der Waals surface area contributed by atoms with Crippen LogP contribution in [0.25, 0.3) is 11.0 Å². The number of aliphatic hydroxyl groups is 2. The largest absolute Gasteiger partial charge is 0.445 e. The fourth-order valence-corrected chi connectivity index (χ4v) is 2.36. The van der Waals surface area contributed by atoms with Crippen LogP contribution in [0.5, 0.6) is 0 Å². The van der Waals surface area contributed by atoms with Crippen LogP contribution in [-0.2, 0) is 11.3 Å². The second kappa shape index (κ2) is 7.73. The SMILES string of the molecule is O=C(NCC(O)C(O)c1[nH]nc2ncccc12)OCc1ccccc1. The summed E-state index contributed by atoms with van der Waals surface area (Å²) in [5.74, 6) is 0. The standard InChI is InChI=1S/C17H18N4O4/c22-13(9-19-17(24)25-10-11-5-2-1-3-6-11)15(23)14-12-7-4-8-18-16(12)21-20-14/h1-8,13,15,22-23H,9-10H2,(H,19,24)(H,18,20,21). The molecule has 4 N–H and O–H groups in total. The molecule has 2 unspecified atom stereocenters. The Bertz CT molecular complexity index is 837. The van der Waals surface area contributed by atoms with Crippen molar-refractivity contribution in [3.63, 3.8) is 0 Å². The molecule has 3 rings (SSSR count). The lowest BCUT2D eigenvalue weighted by molar-refractivity contribution is 0.0167. The van der Waals surface area contributed by atoms with E-state index in [-0.39, 0.29) is 13.2 Å². The molecule has 2 heterocycles. The number of aromatic amines is 1. The molecule has 0 radical (unpaired) electrons. The Morgan fingerprint density at radius 3 is 2.80 bits per heavy atom. The summed E-state index contributed by atoms with van der Waals surface area (Å²) < 4.78 is 5.05. The molecule has 8 heteroatoms. The van der Waals surface area contributed by atoms with E-state index in [4.69, 9.17) is 4.74 Å². The number of rotatable bonds is 6. The lowest BCUT2D eigenvalue weighted by atomic mass is 10.1. The Kier molecular flexibility index (Phi) is 5.22. The van der Waals surface area contributed by atoms with Crippen molar-refractivity contribution in [2.24, 2.45) is 0 Å². The normalized spacial score (nSPS) is 13.4. The molecular formula is C17H18N4O4. The second-order valence-corrected chi connectivity index (χ2v) is 5.47. The van der Waals surface area contributed by atoms with Crippen LogP contribution in [0, 0.1) is 0 Å². The number of aromatic nitrogens is 3. The third-order valence-corrected chi connectivity index (χ3v) is 3.69. The van der Waals surface area contributed by atoms with Gasteiger partial charge in [-0.3, -0.25) is 5.10 Å². The summed E-state index contributed by atoms with van der Waals surface area (Å²) in [6, 6.07) is 12.7. The topological polar surface area (TPSA) is 120 Å². The fraction of sp³-hybridized carbons (Fsp3) is 0.235. The lowest BCUT2D eigenvalue weighted by Gasteiger charge is -2.17. The van der Waals surface area contributed by atoms with Crippen LogP contribution in [0.15, 0.2) is 48.7 Å². The van der Waals surface area contributed by atoms with Crippen molar-refractivity contribution < 1.29 is 19.7 Å². The zero-order valence-corrected chi connectivity index (χ0v) is 13.3. The summed E-state index contributed by atoms with van der Waals surface area (Å²) in [6.45, 7) is -0.0439. The van der Waals surface area contributed by atoms with Crippen molar-refractivity contribution in [1.29, 1.82) is 0 Å². The number of hydrogen-bond acceptors (Lipinski definition) is 6. The summed E-state index contributed by atoms with van der Waals surface area (Å²) in [6.07, 6.45) is -1.57. The highest BCUT2D eigenvalue weighted by atomic mass is 16.5. The third-order valence-electron chi connectivity index (χ3n) is 3.69. The first-order valence-corrected chi connectivity index (χ1v) is 7.75. The van der Waals surface area contributed by atoms with Gasteiger partial charge in [-0.1, -0.05) is 30.3 Å². The number of carbonyl (C=O) groups excluding carboxylic acids is 1. The van der Waals surface area contributed by atoms with E-state index in [2.05, 4.69) is 20.5 Å². The maximum atomic E-state index is 11.7. The lowest BCUT2D eigenvalue weighted by Crippen LogP contribution is -2.36. The first-order chi connectivity index (χ1) is 12.1. The molecule has 130 valence electrons. The van der Waals surface area contributed by atoms with Crippen LogP contribution in [-0.4, -0.2) is 44.1 Å². The Morgan fingerprint density at radius 2 is 2.00 bits per heavy atom. The van der Waals surface area contributed by atoms with Crippen LogP contribution < -0.4 is 5.32 Å². The number of fused-ring (bicyclic) bond motifs is 1. The van der Waals surface area contributed by atoms with E-state index in [1.807, 2.05) is 30.3 Å². The van der Waals surface area contributed by atoms with Gasteiger partial charge >= 0.3 is 6.09 Å². The zero-order valence-electron chi connectivity index (χ0n) is 13.3. The van der Waals surface area contributed by atoms with Gasteiger partial charge < -0.3 is 20.3 Å². The molecule has 0 fully saturated rings. The van der Waals surface area contributed by atoms with Gasteiger partial charge in [0, 0.05) is 18.1 Å². The van der Waals surface area contributed by atoms with Crippen LogP contribution in [0.3, 0.4) is 0 Å². The average Bonchev–Trinajstić information content (AvgIpc) is 3.08. The van der Waals surface area contributed by atoms with Crippen molar-refractivity contribution >= 4 is 17.1 Å². The maximum Gasteiger partial charge on any atom is 0.407 e. The minimum atomic E-state index is -1.25. The Balaban J connectivity index is 1.51. The molecule has 0 bridgehead atoms. The number of carbonyl (C=O) groups is 1. The molecule has 25 heavy (non-hydrogen) atoms. The predicted molar refractivity (Wildman–Crippen MR) is 89.5 cm³/mol. The molecule has 1 amide bonds. The average molecular weight is 342 g/mol. The molecule has 0 spiro atoms. The number of H-pyrrole nitrogens is 1. The third kappa shape index (κ3) is 4.11. The minimum Gasteiger partial charge on any atom is -0.445 e. The van der Waals surface area contributed by atoms with Gasteiger partial charge in [0.2, 0.25) is 0 Å². The maximum absolute atomic E-state index is 11.7. The fourth-order valence-electron chi connectivity index (χ4n) is 2.36. The molecular weight excluding hydrogens is 324 g/mol. The Hall–Kier alpha value is -2.97. The van der Waals surface area contributed by atoms with Gasteiger partial charge in [0.1, 0.15) is 18.8 Å². The molecule has 0 aliphatic heterocycles. The van der Waals surface area contributed by atoms with E-state index in [0.29, 0.717) is 16.7 Å². The van der Waals surface area contributed by atoms with Gasteiger partial charge in [-0.15, -0.1) is 0 Å². The smallest absolute Gasteiger partial charge is 0.407 e. The van der Waals surface area contributed by atoms with Gasteiger partial charge in [-0.05, 0) is 17.7 Å². The van der Waals surface area contributed by atoms with E-state index >= 15 is 0 Å². The van der Waals surface area contributed by atoms with Crippen LogP contribution in [0.1, 0.15) is 17.4 Å². The molecule has 2 atom stereocenters. The zero-order chi connectivity index (χ0) is 17.6. The Labute approximate surface area is 143 Å². The predicted octanol–water partition coefficient (Wildman–Crippen LogP) is 1.28. The molecule has 0 aliphatic rings. The highest BCUT2D eigenvalue weighted by Gasteiger charge is 2.23. The first kappa shape index (κ1) is 16.9. The molecule has 1 aromatic carbocycles. The van der Waals surface area contributed by atoms with E-state index < -0.39 is 18.3 Å². The molecule has 0 saturated carbocycles. The van der Waals surface area contributed by atoms with Gasteiger partial charge in [-0.25, -0.2) is 9.78 Å². The van der Waals surface area contributed by atoms with Crippen molar-refractivity contribution in [3.8, 4) is 0 Å². The van der Waals surface area contributed by atoms with Gasteiger partial charge in [-0.2, -0.15) is 5.10 Å². The van der Waals surface area contributed by atoms with Crippen molar-refractivity contribution in [2.45, 2.75) is 18.8 Å². The number of hydrogen-bond donors (Lipinski definition) is 4. The van der Waals surface area contributed by atoms with E-state index in [0.717, 1.165) is 5.56 Å². The van der Waals surface area contributed by atoms with Crippen LogP contribution in [0.2, 0.25) is 0 Å². The highest BCUT2D eigenvalue weighted by Crippen LogP contribution is 2.22. The summed E-state index contributed by atoms with van der Waals surface area (Å²) >= 11 is 0. The number of pyridine rings is 1. The first-order valence-electron chi connectivity index (χ1n) is 7.75. The van der Waals surface area contributed by atoms with Crippen LogP contribution >= 0.6 is 0 Å². The van der Waals surface area contributed by atoms with E-state index in [1.54, 1.807) is 18.3 Å². The summed E-state index contributed by atoms with van der Waals surface area (Å²) in [5.41, 5.74) is 1.64. The molecule has 8 nitrogen and oxygen atoms in total. The molecule has 0 saturated heterocycles. The molecule has 0 aliphatic carbocycles. The number of amides is 1. The summed E-state index contributed by atoms with van der Waals surface area (Å²) in [4.78, 5) is 15.7. The van der Waals surface area contributed by atoms with Gasteiger partial charge in [0.25, 0.3) is 0 Å². The van der Waals surface area contributed by atoms with Gasteiger partial charge in [0.05, 0.1) is 5.69 Å². The van der Waals surface area contributed by atoms with Crippen molar-refractivity contribution in [1.82, 2.24) is 20.5 Å². The number of aliphatic hydroxyl groups excluding tert-OH is 2.